The third-order valence-corrected chi connectivity index (χ3v) is 2.67. The molecular weight excluding hydrogens is 212 g/mol. The molecule has 2 N–H and O–H groups in total. The van der Waals surface area contributed by atoms with Gasteiger partial charge in [-0.05, 0) is 13.0 Å². The van der Waals surface area contributed by atoms with Crippen molar-refractivity contribution in [3.8, 4) is 0 Å². The van der Waals surface area contributed by atoms with Gasteiger partial charge in [0.1, 0.15) is 0 Å². The Morgan fingerprint density at radius 2 is 1.94 bits per heavy atom. The van der Waals surface area contributed by atoms with Gasteiger partial charge in [0.2, 0.25) is 0 Å². The number of benzene rings is 1. The average molecular weight is 226 g/mol. The number of carbonyl (C=O) groups excluding carboxylic acids is 1. The second-order valence-electron chi connectivity index (χ2n) is 4.04. The Bertz CT molecular complexity index is 532. The summed E-state index contributed by atoms with van der Waals surface area (Å²) in [6.07, 6.45) is 3.55. The summed E-state index contributed by atoms with van der Waals surface area (Å²) >= 11 is 0. The average Bonchev–Trinajstić information content (AvgIpc) is 2.33. The fourth-order valence-electron chi connectivity index (χ4n) is 1.60. The fraction of sp³-hybridized carbons (Fsp3) is 0.143. The molecule has 2 aromatic rings. The highest BCUT2D eigenvalue weighted by Gasteiger charge is 2.08. The summed E-state index contributed by atoms with van der Waals surface area (Å²) in [5, 5.41) is 0. The molecule has 1 aromatic heterocycles. The van der Waals surface area contributed by atoms with Crippen molar-refractivity contribution in [2.75, 3.05) is 5.73 Å². The number of rotatable bonds is 3. The van der Waals surface area contributed by atoms with Crippen molar-refractivity contribution >= 4 is 11.5 Å². The minimum atomic E-state index is 0.0599. The summed E-state index contributed by atoms with van der Waals surface area (Å²) in [5.41, 5.74) is 9.01. The van der Waals surface area contributed by atoms with Gasteiger partial charge in [0, 0.05) is 35.6 Å². The molecule has 0 aliphatic rings. The normalized spacial score (nSPS) is 10.2. The molecule has 0 bridgehead atoms. The van der Waals surface area contributed by atoms with Crippen molar-refractivity contribution in [1.29, 1.82) is 0 Å². The van der Waals surface area contributed by atoms with E-state index in [9.17, 15) is 4.79 Å². The molecule has 1 aromatic carbocycles. The van der Waals surface area contributed by atoms with Crippen LogP contribution in [-0.4, -0.2) is 10.8 Å². The standard InChI is InChI=1S/C14H14N2O/c1-10-2-4-11(5-3-10)14(17)8-12-9-16-7-6-13(12)15/h2-7,9H,8H2,1H3,(H2,15,16). The van der Waals surface area contributed by atoms with Gasteiger partial charge in [0.05, 0.1) is 0 Å². The Balaban J connectivity index is 2.17. The SMILES string of the molecule is Cc1ccc(C(=O)Cc2cnccc2N)cc1. The predicted molar refractivity (Wildman–Crippen MR) is 67.9 cm³/mol. The summed E-state index contributed by atoms with van der Waals surface area (Å²) < 4.78 is 0. The van der Waals surface area contributed by atoms with Gasteiger partial charge in [-0.25, -0.2) is 0 Å². The van der Waals surface area contributed by atoms with E-state index in [2.05, 4.69) is 4.98 Å². The van der Waals surface area contributed by atoms with Crippen LogP contribution < -0.4 is 5.73 Å². The van der Waals surface area contributed by atoms with Crippen LogP contribution in [0.2, 0.25) is 0 Å². The largest absolute Gasteiger partial charge is 0.398 e. The van der Waals surface area contributed by atoms with E-state index in [0.29, 0.717) is 17.7 Å². The highest BCUT2D eigenvalue weighted by molar-refractivity contribution is 5.98. The van der Waals surface area contributed by atoms with E-state index in [1.54, 1.807) is 18.5 Å². The van der Waals surface area contributed by atoms with E-state index >= 15 is 0 Å². The smallest absolute Gasteiger partial charge is 0.167 e. The number of pyridine rings is 1. The molecule has 0 atom stereocenters. The van der Waals surface area contributed by atoms with Crippen molar-refractivity contribution < 1.29 is 4.79 Å². The van der Waals surface area contributed by atoms with Crippen LogP contribution in [0.1, 0.15) is 21.5 Å². The number of anilines is 1. The lowest BCUT2D eigenvalue weighted by Gasteiger charge is -2.04. The number of nitrogens with zero attached hydrogens (tertiary/aromatic N) is 1. The number of carbonyl (C=O) groups is 1. The first kappa shape index (κ1) is 11.3. The second kappa shape index (κ2) is 4.78. The highest BCUT2D eigenvalue weighted by Crippen LogP contribution is 2.13. The summed E-state index contributed by atoms with van der Waals surface area (Å²) in [4.78, 5) is 16.0. The molecule has 2 rings (SSSR count). The first-order valence-corrected chi connectivity index (χ1v) is 5.45. The van der Waals surface area contributed by atoms with E-state index in [0.717, 1.165) is 11.1 Å². The maximum atomic E-state index is 12.0. The molecule has 0 aliphatic heterocycles. The molecule has 0 unspecified atom stereocenters. The van der Waals surface area contributed by atoms with Crippen LogP contribution in [0.4, 0.5) is 5.69 Å². The molecule has 3 nitrogen and oxygen atoms in total. The van der Waals surface area contributed by atoms with Gasteiger partial charge >= 0.3 is 0 Å². The van der Waals surface area contributed by atoms with Gasteiger partial charge < -0.3 is 5.73 Å². The Kier molecular flexibility index (Phi) is 3.19. The second-order valence-corrected chi connectivity index (χ2v) is 4.04. The summed E-state index contributed by atoms with van der Waals surface area (Å²) in [7, 11) is 0. The topological polar surface area (TPSA) is 56.0 Å². The summed E-state index contributed by atoms with van der Waals surface area (Å²) in [6.45, 7) is 1.99. The van der Waals surface area contributed by atoms with Crippen molar-refractivity contribution in [3.63, 3.8) is 0 Å². The Morgan fingerprint density at radius 1 is 1.24 bits per heavy atom. The Labute approximate surface area is 100 Å². The number of Topliss-reactive ketones (excluding diaryl/α,β-unsaturated/α-hetero) is 1. The zero-order chi connectivity index (χ0) is 12.3. The number of nitrogen functional groups attached to an aromatic ring is 1. The van der Waals surface area contributed by atoms with E-state index in [1.807, 2.05) is 31.2 Å². The van der Waals surface area contributed by atoms with E-state index in [1.165, 1.54) is 0 Å². The number of hydrogen-bond donors (Lipinski definition) is 1. The van der Waals surface area contributed by atoms with Gasteiger partial charge in [-0.2, -0.15) is 0 Å². The van der Waals surface area contributed by atoms with Crippen molar-refractivity contribution in [1.82, 2.24) is 4.98 Å². The van der Waals surface area contributed by atoms with Gasteiger partial charge in [-0.3, -0.25) is 9.78 Å². The van der Waals surface area contributed by atoms with Gasteiger partial charge in [-0.15, -0.1) is 0 Å². The highest BCUT2D eigenvalue weighted by atomic mass is 16.1. The van der Waals surface area contributed by atoms with Crippen LogP contribution in [0.25, 0.3) is 0 Å². The first-order valence-electron chi connectivity index (χ1n) is 5.45. The van der Waals surface area contributed by atoms with Crippen LogP contribution in [0.3, 0.4) is 0 Å². The Morgan fingerprint density at radius 3 is 2.59 bits per heavy atom. The maximum Gasteiger partial charge on any atom is 0.167 e. The quantitative estimate of drug-likeness (QED) is 0.817. The van der Waals surface area contributed by atoms with Crippen LogP contribution in [0, 0.1) is 6.92 Å². The Hall–Kier alpha value is -2.16. The van der Waals surface area contributed by atoms with Crippen molar-refractivity contribution in [2.24, 2.45) is 0 Å². The third kappa shape index (κ3) is 2.69. The molecule has 0 amide bonds. The molecule has 0 aliphatic carbocycles. The van der Waals surface area contributed by atoms with Gasteiger partial charge in [-0.1, -0.05) is 29.8 Å². The van der Waals surface area contributed by atoms with Crippen LogP contribution >= 0.6 is 0 Å². The maximum absolute atomic E-state index is 12.0. The molecule has 86 valence electrons. The molecule has 17 heavy (non-hydrogen) atoms. The van der Waals surface area contributed by atoms with E-state index in [4.69, 9.17) is 5.73 Å². The number of aryl methyl sites for hydroxylation is 1. The lowest BCUT2D eigenvalue weighted by Crippen LogP contribution is -2.06. The van der Waals surface area contributed by atoms with Gasteiger partial charge in [0.25, 0.3) is 0 Å². The first-order chi connectivity index (χ1) is 8.16. The molecule has 0 saturated carbocycles. The van der Waals surface area contributed by atoms with Crippen LogP contribution in [0.15, 0.2) is 42.7 Å². The molecule has 0 saturated heterocycles. The van der Waals surface area contributed by atoms with Crippen molar-refractivity contribution in [3.05, 3.63) is 59.4 Å². The minimum absolute atomic E-state index is 0.0599. The van der Waals surface area contributed by atoms with Crippen LogP contribution in [0.5, 0.6) is 0 Å². The van der Waals surface area contributed by atoms with E-state index in [-0.39, 0.29) is 5.78 Å². The third-order valence-electron chi connectivity index (χ3n) is 2.67. The van der Waals surface area contributed by atoms with Crippen LogP contribution in [-0.2, 0) is 6.42 Å². The minimum Gasteiger partial charge on any atom is -0.398 e. The number of hydrogen-bond acceptors (Lipinski definition) is 3. The zero-order valence-corrected chi connectivity index (χ0v) is 9.68. The number of nitrogens with two attached hydrogens (primary N) is 1. The summed E-state index contributed by atoms with van der Waals surface area (Å²) in [5.74, 6) is 0.0599. The van der Waals surface area contributed by atoms with E-state index < -0.39 is 0 Å². The molecule has 1 heterocycles. The number of ketones is 1. The lowest BCUT2D eigenvalue weighted by molar-refractivity contribution is 0.0993. The predicted octanol–water partition coefficient (Wildman–Crippen LogP) is 2.40. The lowest BCUT2D eigenvalue weighted by atomic mass is 10.0. The van der Waals surface area contributed by atoms with Crippen molar-refractivity contribution in [2.45, 2.75) is 13.3 Å². The summed E-state index contributed by atoms with van der Waals surface area (Å²) in [6, 6.07) is 9.24. The molecule has 3 heteroatoms. The molecule has 0 fully saturated rings. The fourth-order valence-corrected chi connectivity index (χ4v) is 1.60. The number of aromatic nitrogens is 1. The monoisotopic (exact) mass is 226 g/mol. The van der Waals surface area contributed by atoms with Gasteiger partial charge in [0.15, 0.2) is 5.78 Å². The zero-order valence-electron chi connectivity index (χ0n) is 9.68. The molecule has 0 spiro atoms. The molecule has 0 radical (unpaired) electrons. The molecular formula is C14H14N2O.